The van der Waals surface area contributed by atoms with E-state index >= 15 is 0 Å². The van der Waals surface area contributed by atoms with Gasteiger partial charge in [-0.15, -0.1) is 0 Å². The van der Waals surface area contributed by atoms with Gasteiger partial charge in [-0.3, -0.25) is 14.0 Å². The number of hydrogen-bond donors (Lipinski definition) is 0. The molecule has 0 N–H and O–H groups in total. The second kappa shape index (κ2) is 8.17. The molecule has 12 heteroatoms. The van der Waals surface area contributed by atoms with Gasteiger partial charge >= 0.3 is 12.4 Å². The lowest BCUT2D eigenvalue weighted by Crippen LogP contribution is -2.26. The van der Waals surface area contributed by atoms with E-state index in [-0.39, 0.29) is 22.5 Å². The van der Waals surface area contributed by atoms with Crippen molar-refractivity contribution in [1.82, 2.24) is 14.3 Å². The van der Waals surface area contributed by atoms with Gasteiger partial charge < -0.3 is 9.64 Å². The summed E-state index contributed by atoms with van der Waals surface area (Å²) in [5.41, 5.74) is -3.89. The molecular formula is C20H15F6N3O3. The van der Waals surface area contributed by atoms with Gasteiger partial charge in [0.05, 0.1) is 5.56 Å². The Balaban J connectivity index is 2.14. The molecule has 3 rings (SSSR count). The number of pyridine rings is 1. The maximum absolute atomic E-state index is 13.7. The highest BCUT2D eigenvalue weighted by molar-refractivity contribution is 5.94. The molecule has 1 amide bonds. The van der Waals surface area contributed by atoms with Crippen molar-refractivity contribution >= 4 is 11.6 Å². The number of ether oxygens (including phenoxy) is 1. The number of rotatable bonds is 4. The fourth-order valence-electron chi connectivity index (χ4n) is 2.88. The lowest BCUT2D eigenvalue weighted by atomic mass is 10.0. The van der Waals surface area contributed by atoms with Gasteiger partial charge in [0.2, 0.25) is 0 Å². The molecule has 3 aromatic rings. The third kappa shape index (κ3) is 4.84. The van der Waals surface area contributed by atoms with Gasteiger partial charge in [-0.2, -0.15) is 26.3 Å². The predicted molar refractivity (Wildman–Crippen MR) is 101 cm³/mol. The highest BCUT2D eigenvalue weighted by Crippen LogP contribution is 2.35. The van der Waals surface area contributed by atoms with Crippen molar-refractivity contribution in [1.29, 1.82) is 0 Å². The molecule has 0 aliphatic heterocycles. The summed E-state index contributed by atoms with van der Waals surface area (Å²) in [4.78, 5) is 29.8. The van der Waals surface area contributed by atoms with E-state index in [1.165, 1.54) is 25.1 Å². The lowest BCUT2D eigenvalue weighted by molar-refractivity contribution is -0.153. The van der Waals surface area contributed by atoms with Crippen LogP contribution in [0.15, 0.2) is 47.4 Å². The molecule has 32 heavy (non-hydrogen) atoms. The summed E-state index contributed by atoms with van der Waals surface area (Å²) in [6.45, 7) is -1.58. The monoisotopic (exact) mass is 459 g/mol. The minimum absolute atomic E-state index is 0.0361. The molecule has 170 valence electrons. The van der Waals surface area contributed by atoms with Crippen molar-refractivity contribution in [2.75, 3.05) is 20.7 Å². The Kier molecular flexibility index (Phi) is 5.90. The zero-order valence-corrected chi connectivity index (χ0v) is 16.6. The smallest absolute Gasteiger partial charge is 0.434 e. The Hall–Kier alpha value is -3.57. The molecule has 0 aliphatic rings. The minimum Gasteiger partial charge on any atom is -0.484 e. The van der Waals surface area contributed by atoms with E-state index in [1.54, 1.807) is 0 Å². The third-order valence-electron chi connectivity index (χ3n) is 4.30. The van der Waals surface area contributed by atoms with Crippen LogP contribution in [0.25, 0.3) is 16.8 Å². The van der Waals surface area contributed by atoms with E-state index in [9.17, 15) is 35.9 Å². The maximum atomic E-state index is 13.7. The van der Waals surface area contributed by atoms with Crippen molar-refractivity contribution in [3.05, 3.63) is 64.2 Å². The van der Waals surface area contributed by atoms with E-state index in [4.69, 9.17) is 0 Å². The largest absolute Gasteiger partial charge is 0.484 e. The first-order valence-corrected chi connectivity index (χ1v) is 8.93. The van der Waals surface area contributed by atoms with Crippen LogP contribution in [0.1, 0.15) is 16.1 Å². The topological polar surface area (TPSA) is 63.9 Å². The molecule has 6 nitrogen and oxygen atoms in total. The summed E-state index contributed by atoms with van der Waals surface area (Å²) >= 11 is 0. The standard InChI is InChI=1S/C20H15F6N3O3/c1-28(2)17(30)12-7-8-29-14(9-12)27-16(20(24,25)26)15(18(29)31)11-3-5-13(6-4-11)32-10-19(21,22)23/h3-9H,10H2,1-2H3. The zero-order chi connectivity index (χ0) is 23.8. The van der Waals surface area contributed by atoms with E-state index in [1.807, 2.05) is 0 Å². The molecule has 1 aromatic carbocycles. The van der Waals surface area contributed by atoms with Crippen LogP contribution in [-0.2, 0) is 6.18 Å². The van der Waals surface area contributed by atoms with Gasteiger partial charge in [-0.25, -0.2) is 4.98 Å². The first-order chi connectivity index (χ1) is 14.8. The van der Waals surface area contributed by atoms with Gasteiger partial charge in [-0.1, -0.05) is 12.1 Å². The van der Waals surface area contributed by atoms with Crippen molar-refractivity contribution in [2.45, 2.75) is 12.4 Å². The number of fused-ring (bicyclic) bond motifs is 1. The Morgan fingerprint density at radius 2 is 1.69 bits per heavy atom. The van der Waals surface area contributed by atoms with Gasteiger partial charge in [0.1, 0.15) is 11.4 Å². The quantitative estimate of drug-likeness (QED) is 0.553. The summed E-state index contributed by atoms with van der Waals surface area (Å²) in [6.07, 6.45) is -8.47. The van der Waals surface area contributed by atoms with Crippen LogP contribution >= 0.6 is 0 Å². The summed E-state index contributed by atoms with van der Waals surface area (Å²) in [7, 11) is 2.91. The number of benzene rings is 1. The molecule has 0 spiro atoms. The molecule has 2 heterocycles. The van der Waals surface area contributed by atoms with Crippen LogP contribution in [0.4, 0.5) is 26.3 Å². The first-order valence-electron chi connectivity index (χ1n) is 8.93. The van der Waals surface area contributed by atoms with E-state index in [0.29, 0.717) is 0 Å². The van der Waals surface area contributed by atoms with E-state index in [0.717, 1.165) is 40.9 Å². The number of aromatic nitrogens is 2. The molecule has 0 saturated carbocycles. The number of alkyl halides is 6. The van der Waals surface area contributed by atoms with Crippen LogP contribution < -0.4 is 10.3 Å². The molecular weight excluding hydrogens is 444 g/mol. The Labute approximate surface area is 176 Å². The van der Waals surface area contributed by atoms with Gasteiger partial charge in [0.15, 0.2) is 12.3 Å². The third-order valence-corrected chi connectivity index (χ3v) is 4.30. The summed E-state index contributed by atoms with van der Waals surface area (Å²) in [5.74, 6) is -0.728. The van der Waals surface area contributed by atoms with Crippen molar-refractivity contribution in [3.8, 4) is 16.9 Å². The molecule has 0 saturated heterocycles. The second-order valence-electron chi connectivity index (χ2n) is 6.91. The fourth-order valence-corrected chi connectivity index (χ4v) is 2.88. The molecule has 0 unspecified atom stereocenters. The van der Waals surface area contributed by atoms with Crippen LogP contribution in [-0.4, -0.2) is 47.1 Å². The van der Waals surface area contributed by atoms with Crippen LogP contribution in [0, 0.1) is 0 Å². The Morgan fingerprint density at radius 1 is 1.06 bits per heavy atom. The number of hydrogen-bond acceptors (Lipinski definition) is 4. The molecule has 0 aliphatic carbocycles. The highest BCUT2D eigenvalue weighted by atomic mass is 19.4. The maximum Gasteiger partial charge on any atom is 0.434 e. The second-order valence-corrected chi connectivity index (χ2v) is 6.91. The Bertz CT molecular complexity index is 1210. The summed E-state index contributed by atoms with van der Waals surface area (Å²) in [6, 6.07) is 6.45. The van der Waals surface area contributed by atoms with E-state index in [2.05, 4.69) is 9.72 Å². The van der Waals surface area contributed by atoms with Gasteiger partial charge in [0, 0.05) is 25.9 Å². The van der Waals surface area contributed by atoms with Crippen molar-refractivity contribution in [2.24, 2.45) is 0 Å². The number of halogens is 6. The van der Waals surface area contributed by atoms with Crippen LogP contribution in [0.3, 0.4) is 0 Å². The van der Waals surface area contributed by atoms with Crippen LogP contribution in [0.5, 0.6) is 5.75 Å². The van der Waals surface area contributed by atoms with Crippen molar-refractivity contribution < 1.29 is 35.9 Å². The molecule has 0 bridgehead atoms. The lowest BCUT2D eigenvalue weighted by Gasteiger charge is -2.15. The highest BCUT2D eigenvalue weighted by Gasteiger charge is 2.38. The van der Waals surface area contributed by atoms with Crippen molar-refractivity contribution in [3.63, 3.8) is 0 Å². The van der Waals surface area contributed by atoms with Crippen LogP contribution in [0.2, 0.25) is 0 Å². The fraction of sp³-hybridized carbons (Fsp3) is 0.250. The SMILES string of the molecule is CN(C)C(=O)c1ccn2c(=O)c(-c3ccc(OCC(F)(F)F)cc3)c(C(F)(F)F)nc2c1. The average Bonchev–Trinajstić information content (AvgIpc) is 2.70. The summed E-state index contributed by atoms with van der Waals surface area (Å²) < 4.78 is 83.4. The first kappa shape index (κ1) is 23.1. The molecule has 2 aromatic heterocycles. The molecule has 0 atom stereocenters. The van der Waals surface area contributed by atoms with Gasteiger partial charge in [0.25, 0.3) is 11.5 Å². The minimum atomic E-state index is -5.02. The average molecular weight is 459 g/mol. The molecule has 0 fully saturated rings. The molecule has 0 radical (unpaired) electrons. The zero-order valence-electron chi connectivity index (χ0n) is 16.6. The predicted octanol–water partition coefficient (Wildman–Crippen LogP) is 4.02. The van der Waals surface area contributed by atoms with Gasteiger partial charge in [-0.05, 0) is 29.8 Å². The number of carbonyl (C=O) groups excluding carboxylic acids is 1. The number of carbonyl (C=O) groups is 1. The number of nitrogens with zero attached hydrogens (tertiary/aromatic N) is 3. The van der Waals surface area contributed by atoms with E-state index < -0.39 is 41.7 Å². The Morgan fingerprint density at radius 3 is 2.22 bits per heavy atom. The number of amides is 1. The normalized spacial score (nSPS) is 12.1. The summed E-state index contributed by atoms with van der Waals surface area (Å²) in [5, 5.41) is 0.